The van der Waals surface area contributed by atoms with E-state index in [1.807, 2.05) is 0 Å². The highest BCUT2D eigenvalue weighted by Crippen LogP contribution is 2.15. The van der Waals surface area contributed by atoms with Crippen molar-refractivity contribution in [3.05, 3.63) is 30.3 Å². The molecule has 1 aliphatic rings. The first kappa shape index (κ1) is 17.2. The number of anilines is 1. The van der Waals surface area contributed by atoms with Crippen molar-refractivity contribution >= 4 is 21.6 Å². The van der Waals surface area contributed by atoms with E-state index in [0.717, 1.165) is 6.42 Å². The maximum absolute atomic E-state index is 12.0. The van der Waals surface area contributed by atoms with Gasteiger partial charge < -0.3 is 10.2 Å². The zero-order valence-corrected chi connectivity index (χ0v) is 13.6. The van der Waals surface area contributed by atoms with E-state index in [0.29, 0.717) is 18.7 Å². The van der Waals surface area contributed by atoms with Gasteiger partial charge in [-0.05, 0) is 25.0 Å². The van der Waals surface area contributed by atoms with Crippen molar-refractivity contribution in [2.75, 3.05) is 30.1 Å². The molecule has 0 spiro atoms. The third-order valence-electron chi connectivity index (χ3n) is 3.59. The number of carbonyl (C=O) groups excluding carboxylic acids is 1. The van der Waals surface area contributed by atoms with Crippen LogP contribution in [0.2, 0.25) is 0 Å². The molecule has 0 aliphatic carbocycles. The molecule has 0 aromatic heterocycles. The van der Waals surface area contributed by atoms with Gasteiger partial charge in [0.15, 0.2) is 0 Å². The summed E-state index contributed by atoms with van der Waals surface area (Å²) in [5.74, 6) is -0.293. The summed E-state index contributed by atoms with van der Waals surface area (Å²) in [4.78, 5) is 13.5. The Balaban J connectivity index is 1.72. The second kappa shape index (κ2) is 7.94. The molecule has 1 heterocycles. The van der Waals surface area contributed by atoms with Crippen LogP contribution in [0.5, 0.6) is 0 Å². The van der Waals surface area contributed by atoms with Gasteiger partial charge in [-0.25, -0.2) is 8.42 Å². The fraction of sp³-hybridized carbons (Fsp3) is 0.467. The minimum atomic E-state index is -3.46. The average Bonchev–Trinajstić information content (AvgIpc) is 3.00. The van der Waals surface area contributed by atoms with Crippen LogP contribution >= 0.6 is 0 Å². The highest BCUT2D eigenvalue weighted by atomic mass is 32.2. The number of benzene rings is 1. The molecule has 1 aromatic rings. The Morgan fingerprint density at radius 2 is 2.09 bits per heavy atom. The summed E-state index contributed by atoms with van der Waals surface area (Å²) >= 11 is 0. The number of carbonyl (C=O) groups is 1. The lowest BCUT2D eigenvalue weighted by atomic mass is 10.2. The molecule has 0 saturated carbocycles. The number of hydrogen-bond donors (Lipinski definition) is 2. The maximum Gasteiger partial charge on any atom is 0.237 e. The first-order valence-corrected chi connectivity index (χ1v) is 9.12. The molecule has 1 saturated heterocycles. The van der Waals surface area contributed by atoms with E-state index in [1.54, 1.807) is 35.2 Å². The molecule has 8 heteroatoms. The summed E-state index contributed by atoms with van der Waals surface area (Å²) in [6.45, 7) is 0.796. The SMILES string of the molecule is N#C[C@@H]1CCCN1C(=O)CNCCS(=O)(=O)Nc1ccccc1. The number of nitrogens with one attached hydrogen (secondary N) is 2. The number of amides is 1. The Labute approximate surface area is 136 Å². The largest absolute Gasteiger partial charge is 0.326 e. The van der Waals surface area contributed by atoms with Gasteiger partial charge >= 0.3 is 0 Å². The molecule has 2 rings (SSSR count). The van der Waals surface area contributed by atoms with Crippen LogP contribution in [0, 0.1) is 11.3 Å². The number of para-hydroxylation sites is 1. The number of sulfonamides is 1. The summed E-state index contributed by atoms with van der Waals surface area (Å²) in [5, 5.41) is 11.8. The number of hydrogen-bond acceptors (Lipinski definition) is 5. The van der Waals surface area contributed by atoms with Crippen LogP contribution in [0.25, 0.3) is 0 Å². The number of rotatable bonds is 7. The standard InChI is InChI=1S/C15H20N4O3S/c16-11-14-7-4-9-19(14)15(20)12-17-8-10-23(21,22)18-13-5-2-1-3-6-13/h1-3,5-6,14,17-18H,4,7-10,12H2/t14-/m0/s1. The molecule has 0 bridgehead atoms. The molecule has 1 aliphatic heterocycles. The normalized spacial score (nSPS) is 17.7. The van der Waals surface area contributed by atoms with Crippen LogP contribution in [0.3, 0.4) is 0 Å². The smallest absolute Gasteiger partial charge is 0.237 e. The molecular weight excluding hydrogens is 316 g/mol. The molecule has 1 amide bonds. The van der Waals surface area contributed by atoms with E-state index < -0.39 is 10.0 Å². The number of likely N-dealkylation sites (tertiary alicyclic amines) is 1. The molecule has 1 aromatic carbocycles. The van der Waals surface area contributed by atoms with Crippen molar-refractivity contribution < 1.29 is 13.2 Å². The van der Waals surface area contributed by atoms with Gasteiger partial charge in [0.25, 0.3) is 0 Å². The maximum atomic E-state index is 12.0. The van der Waals surface area contributed by atoms with Crippen molar-refractivity contribution in [3.8, 4) is 6.07 Å². The van der Waals surface area contributed by atoms with E-state index in [4.69, 9.17) is 5.26 Å². The zero-order chi connectivity index (χ0) is 16.7. The molecule has 124 valence electrons. The van der Waals surface area contributed by atoms with E-state index in [1.165, 1.54) is 0 Å². The summed E-state index contributed by atoms with van der Waals surface area (Å²) in [6, 6.07) is 10.4. The van der Waals surface area contributed by atoms with Crippen LogP contribution in [0.4, 0.5) is 5.69 Å². The lowest BCUT2D eigenvalue weighted by Crippen LogP contribution is -2.41. The summed E-state index contributed by atoms with van der Waals surface area (Å²) in [5.41, 5.74) is 0.512. The van der Waals surface area contributed by atoms with Crippen molar-refractivity contribution in [1.82, 2.24) is 10.2 Å². The van der Waals surface area contributed by atoms with Crippen molar-refractivity contribution in [2.45, 2.75) is 18.9 Å². The molecule has 1 fully saturated rings. The first-order valence-electron chi connectivity index (χ1n) is 7.47. The third-order valence-corrected chi connectivity index (χ3v) is 4.88. The quantitative estimate of drug-likeness (QED) is 0.707. The molecule has 0 unspecified atom stereocenters. The minimum Gasteiger partial charge on any atom is -0.326 e. The minimum absolute atomic E-state index is 0.0407. The van der Waals surface area contributed by atoms with E-state index in [9.17, 15) is 13.2 Å². The van der Waals surface area contributed by atoms with E-state index in [2.05, 4.69) is 16.1 Å². The second-order valence-electron chi connectivity index (χ2n) is 5.34. The van der Waals surface area contributed by atoms with Gasteiger partial charge in [0.2, 0.25) is 15.9 Å². The first-order chi connectivity index (χ1) is 11.0. The van der Waals surface area contributed by atoms with Gasteiger partial charge in [-0.2, -0.15) is 5.26 Å². The fourth-order valence-corrected chi connectivity index (χ4v) is 3.45. The van der Waals surface area contributed by atoms with Crippen LogP contribution < -0.4 is 10.0 Å². The molecule has 0 radical (unpaired) electrons. The van der Waals surface area contributed by atoms with Gasteiger partial charge in [0.05, 0.1) is 18.4 Å². The summed E-state index contributed by atoms with van der Waals surface area (Å²) in [7, 11) is -3.46. The molecule has 1 atom stereocenters. The Morgan fingerprint density at radius 1 is 1.35 bits per heavy atom. The predicted octanol–water partition coefficient (Wildman–Crippen LogP) is 0.532. The predicted molar refractivity (Wildman–Crippen MR) is 87.1 cm³/mol. The van der Waals surface area contributed by atoms with E-state index in [-0.39, 0.29) is 30.8 Å². The Kier molecular flexibility index (Phi) is 5.96. The molecule has 23 heavy (non-hydrogen) atoms. The van der Waals surface area contributed by atoms with Crippen LogP contribution in [0.1, 0.15) is 12.8 Å². The van der Waals surface area contributed by atoms with Crippen LogP contribution in [-0.4, -0.2) is 50.7 Å². The second-order valence-corrected chi connectivity index (χ2v) is 7.18. The summed E-state index contributed by atoms with van der Waals surface area (Å²) < 4.78 is 26.3. The third kappa shape index (κ3) is 5.23. The van der Waals surface area contributed by atoms with Crippen LogP contribution in [0.15, 0.2) is 30.3 Å². The Hall–Kier alpha value is -2.11. The highest BCUT2D eigenvalue weighted by Gasteiger charge is 2.27. The van der Waals surface area contributed by atoms with Gasteiger partial charge in [-0.15, -0.1) is 0 Å². The number of nitrogens with zero attached hydrogens (tertiary/aromatic N) is 2. The number of nitriles is 1. The van der Waals surface area contributed by atoms with Crippen molar-refractivity contribution in [1.29, 1.82) is 5.26 Å². The zero-order valence-electron chi connectivity index (χ0n) is 12.7. The molecule has 2 N–H and O–H groups in total. The fourth-order valence-electron chi connectivity index (χ4n) is 2.44. The van der Waals surface area contributed by atoms with Crippen LogP contribution in [-0.2, 0) is 14.8 Å². The van der Waals surface area contributed by atoms with E-state index >= 15 is 0 Å². The Morgan fingerprint density at radius 3 is 2.78 bits per heavy atom. The Bertz CT molecular complexity index is 670. The highest BCUT2D eigenvalue weighted by molar-refractivity contribution is 7.92. The van der Waals surface area contributed by atoms with Gasteiger partial charge in [0.1, 0.15) is 6.04 Å². The molecule has 7 nitrogen and oxygen atoms in total. The van der Waals surface area contributed by atoms with Crippen molar-refractivity contribution in [3.63, 3.8) is 0 Å². The van der Waals surface area contributed by atoms with Gasteiger partial charge in [0, 0.05) is 18.8 Å². The van der Waals surface area contributed by atoms with Crippen molar-refractivity contribution in [2.24, 2.45) is 0 Å². The lowest BCUT2D eigenvalue weighted by Gasteiger charge is -2.19. The average molecular weight is 336 g/mol. The molecular formula is C15H20N4O3S. The van der Waals surface area contributed by atoms with Gasteiger partial charge in [-0.3, -0.25) is 9.52 Å². The summed E-state index contributed by atoms with van der Waals surface area (Å²) in [6.07, 6.45) is 1.54. The lowest BCUT2D eigenvalue weighted by molar-refractivity contribution is -0.130. The van der Waals surface area contributed by atoms with Gasteiger partial charge in [-0.1, -0.05) is 18.2 Å². The monoisotopic (exact) mass is 336 g/mol. The topological polar surface area (TPSA) is 102 Å².